The minimum atomic E-state index is -0.816. The smallest absolute Gasteiger partial charge is 0.414 e. The van der Waals surface area contributed by atoms with E-state index in [1.807, 2.05) is 0 Å². The number of rotatable bonds is 7. The standard InChI is InChI=1S/C21H25F2N7O4S2/c1-33-18(35)3-2-13-11-29(21(32)34-13)12-8-14(22)19(15(23)9-12)28-5-4-25-30(7-6-28)17(31)10-16-26-20(24)36-27-16/h8-9,13,25H,2-7,10-11H2,1H3,(H2,24,26,27)/t13-/m0/s1. The first-order chi connectivity index (χ1) is 17.2. The van der Waals surface area contributed by atoms with Crippen LogP contribution in [0.15, 0.2) is 12.1 Å². The second-order valence-electron chi connectivity index (χ2n) is 8.16. The third-order valence-corrected chi connectivity index (χ3v) is 6.73. The van der Waals surface area contributed by atoms with E-state index in [4.69, 9.17) is 27.4 Å². The van der Waals surface area contributed by atoms with Crippen LogP contribution in [0, 0.1) is 11.6 Å². The predicted molar refractivity (Wildman–Crippen MR) is 133 cm³/mol. The molecule has 1 atom stereocenters. The van der Waals surface area contributed by atoms with Gasteiger partial charge in [0.25, 0.3) is 0 Å². The molecule has 1 aromatic heterocycles. The summed E-state index contributed by atoms with van der Waals surface area (Å²) in [5.74, 6) is -1.59. The first-order valence-corrected chi connectivity index (χ1v) is 12.3. The number of nitrogens with two attached hydrogens (primary N) is 1. The monoisotopic (exact) mass is 541 g/mol. The number of ether oxygens (including phenoxy) is 2. The van der Waals surface area contributed by atoms with Gasteiger partial charge >= 0.3 is 6.09 Å². The lowest BCUT2D eigenvalue weighted by Gasteiger charge is -2.25. The number of halogens is 2. The molecule has 2 amide bonds. The van der Waals surface area contributed by atoms with Gasteiger partial charge in [-0.1, -0.05) is 0 Å². The zero-order chi connectivity index (χ0) is 25.8. The number of hydrazine groups is 1. The average Bonchev–Trinajstić information content (AvgIpc) is 3.33. The molecule has 0 unspecified atom stereocenters. The molecule has 3 heterocycles. The van der Waals surface area contributed by atoms with E-state index in [9.17, 15) is 9.59 Å². The average molecular weight is 542 g/mol. The molecule has 11 nitrogen and oxygen atoms in total. The third kappa shape index (κ3) is 5.96. The van der Waals surface area contributed by atoms with Crippen molar-refractivity contribution >= 4 is 57.3 Å². The van der Waals surface area contributed by atoms with Crippen LogP contribution >= 0.6 is 23.8 Å². The number of hydrogen-bond acceptors (Lipinski definition) is 11. The van der Waals surface area contributed by atoms with E-state index in [0.29, 0.717) is 23.7 Å². The molecule has 2 aliphatic heterocycles. The Hall–Kier alpha value is -3.17. The number of aromatic nitrogens is 2. The highest BCUT2D eigenvalue weighted by Gasteiger charge is 2.34. The van der Waals surface area contributed by atoms with Crippen LogP contribution in [0.25, 0.3) is 0 Å². The molecular weight excluding hydrogens is 516 g/mol. The van der Waals surface area contributed by atoms with E-state index < -0.39 is 23.8 Å². The topological polar surface area (TPSA) is 126 Å². The van der Waals surface area contributed by atoms with Gasteiger partial charge in [-0.25, -0.2) is 24.0 Å². The van der Waals surface area contributed by atoms with Gasteiger partial charge in [0.05, 0.1) is 32.3 Å². The highest BCUT2D eigenvalue weighted by Crippen LogP contribution is 2.31. The van der Waals surface area contributed by atoms with E-state index in [0.717, 1.165) is 23.7 Å². The lowest BCUT2D eigenvalue weighted by molar-refractivity contribution is -0.133. The van der Waals surface area contributed by atoms with Crippen molar-refractivity contribution in [3.8, 4) is 0 Å². The molecule has 194 valence electrons. The number of methoxy groups -OCH3 is 1. The van der Waals surface area contributed by atoms with Crippen LogP contribution in [0.4, 0.5) is 30.1 Å². The highest BCUT2D eigenvalue weighted by atomic mass is 32.1. The zero-order valence-corrected chi connectivity index (χ0v) is 21.0. The molecule has 0 saturated carbocycles. The number of anilines is 3. The summed E-state index contributed by atoms with van der Waals surface area (Å²) >= 11 is 6.00. The number of benzene rings is 1. The number of hydrogen-bond donors (Lipinski definition) is 2. The summed E-state index contributed by atoms with van der Waals surface area (Å²) in [5.41, 5.74) is 8.36. The summed E-state index contributed by atoms with van der Waals surface area (Å²) in [6.07, 6.45) is -0.315. The molecule has 15 heteroatoms. The molecule has 2 saturated heterocycles. The lowest BCUT2D eigenvalue weighted by Crippen LogP contribution is -2.44. The Balaban J connectivity index is 1.40. The second-order valence-corrected chi connectivity index (χ2v) is 9.39. The van der Waals surface area contributed by atoms with Crippen LogP contribution in [0.1, 0.15) is 18.7 Å². The molecule has 0 bridgehead atoms. The van der Waals surface area contributed by atoms with Crippen molar-refractivity contribution in [3.63, 3.8) is 0 Å². The Morgan fingerprint density at radius 1 is 1.33 bits per heavy atom. The minimum absolute atomic E-state index is 0.0394. The SMILES string of the molecule is COC(=S)CC[C@H]1CN(c2cc(F)c(N3CCNN(C(=O)Cc4nsc(N)n4)CC3)c(F)c2)C(=O)O1. The van der Waals surface area contributed by atoms with Gasteiger partial charge in [0.1, 0.15) is 11.8 Å². The van der Waals surface area contributed by atoms with E-state index >= 15 is 8.78 Å². The van der Waals surface area contributed by atoms with Gasteiger partial charge in [0.15, 0.2) is 27.6 Å². The van der Waals surface area contributed by atoms with Crippen LogP contribution in [0.5, 0.6) is 0 Å². The fourth-order valence-corrected chi connectivity index (χ4v) is 4.58. The van der Waals surface area contributed by atoms with Gasteiger partial charge in [-0.05, 0) is 18.6 Å². The number of nitrogens with one attached hydrogen (secondary N) is 1. The molecule has 0 spiro atoms. The van der Waals surface area contributed by atoms with Crippen LogP contribution in [0.3, 0.4) is 0 Å². The van der Waals surface area contributed by atoms with Gasteiger partial charge in [0, 0.05) is 49.7 Å². The van der Waals surface area contributed by atoms with Gasteiger partial charge in [-0.15, -0.1) is 0 Å². The van der Waals surface area contributed by atoms with Crippen molar-refractivity contribution in [1.82, 2.24) is 19.8 Å². The van der Waals surface area contributed by atoms with E-state index in [1.54, 1.807) is 0 Å². The molecule has 2 aromatic rings. The summed E-state index contributed by atoms with van der Waals surface area (Å²) in [4.78, 5) is 31.6. The van der Waals surface area contributed by atoms with E-state index in [2.05, 4.69) is 14.8 Å². The van der Waals surface area contributed by atoms with Crippen LogP contribution in [-0.2, 0) is 20.7 Å². The summed E-state index contributed by atoms with van der Waals surface area (Å²) in [6.45, 7) is 1.05. The first kappa shape index (κ1) is 25.9. The normalized spacial score (nSPS) is 18.2. The molecule has 2 fully saturated rings. The van der Waals surface area contributed by atoms with Gasteiger partial charge in [-0.2, -0.15) is 4.37 Å². The number of nitrogen functional groups attached to an aromatic ring is 1. The minimum Gasteiger partial charge on any atom is -0.490 e. The number of nitrogens with zero attached hydrogens (tertiary/aromatic N) is 5. The van der Waals surface area contributed by atoms with E-state index in [1.165, 1.54) is 21.9 Å². The number of carbonyl (C=O) groups is 2. The Kier molecular flexibility index (Phi) is 8.11. The van der Waals surface area contributed by atoms with Gasteiger partial charge < -0.3 is 20.1 Å². The molecule has 0 aliphatic carbocycles. The van der Waals surface area contributed by atoms with Crippen molar-refractivity contribution < 1.29 is 27.8 Å². The fourth-order valence-electron chi connectivity index (χ4n) is 4.01. The zero-order valence-electron chi connectivity index (χ0n) is 19.4. The van der Waals surface area contributed by atoms with Crippen LogP contribution in [-0.4, -0.2) is 77.4 Å². The Labute approximate surface area is 215 Å². The van der Waals surface area contributed by atoms with Crippen molar-refractivity contribution in [2.75, 3.05) is 55.4 Å². The fraction of sp³-hybridized carbons (Fsp3) is 0.476. The van der Waals surface area contributed by atoms with Crippen LogP contribution in [0.2, 0.25) is 0 Å². The third-order valence-electron chi connectivity index (χ3n) is 5.77. The Bertz CT molecular complexity index is 1130. The number of carbonyl (C=O) groups excluding carboxylic acids is 2. The van der Waals surface area contributed by atoms with E-state index in [-0.39, 0.29) is 61.6 Å². The summed E-state index contributed by atoms with van der Waals surface area (Å²) in [7, 11) is 1.47. The second kappa shape index (κ2) is 11.3. The molecule has 1 aromatic carbocycles. The highest BCUT2D eigenvalue weighted by molar-refractivity contribution is 7.80. The molecule has 36 heavy (non-hydrogen) atoms. The molecule has 4 rings (SSSR count). The summed E-state index contributed by atoms with van der Waals surface area (Å²) in [5, 5.41) is 2.05. The largest absolute Gasteiger partial charge is 0.490 e. The number of cyclic esters (lactones) is 1. The Morgan fingerprint density at radius 2 is 2.08 bits per heavy atom. The maximum absolute atomic E-state index is 15.1. The summed E-state index contributed by atoms with van der Waals surface area (Å²) < 4.78 is 44.5. The first-order valence-electron chi connectivity index (χ1n) is 11.2. The predicted octanol–water partition coefficient (Wildman–Crippen LogP) is 1.87. The molecule has 3 N–H and O–H groups in total. The number of thiocarbonyl (C=S) groups is 1. The molecule has 2 aliphatic rings. The van der Waals surface area contributed by atoms with Crippen molar-refractivity contribution in [2.24, 2.45) is 0 Å². The van der Waals surface area contributed by atoms with Crippen molar-refractivity contribution in [1.29, 1.82) is 0 Å². The maximum atomic E-state index is 15.1. The molecule has 0 radical (unpaired) electrons. The quantitative estimate of drug-likeness (QED) is 0.502. The van der Waals surface area contributed by atoms with Gasteiger partial charge in [0.2, 0.25) is 5.91 Å². The summed E-state index contributed by atoms with van der Waals surface area (Å²) in [6, 6.07) is 2.22. The number of amides is 2. The van der Waals surface area contributed by atoms with Crippen molar-refractivity contribution in [2.45, 2.75) is 25.4 Å². The Morgan fingerprint density at radius 3 is 2.75 bits per heavy atom. The lowest BCUT2D eigenvalue weighted by atomic mass is 10.2. The molecular formula is C21H25F2N7O4S2. The van der Waals surface area contributed by atoms with Gasteiger partial charge in [-0.3, -0.25) is 14.7 Å². The van der Waals surface area contributed by atoms with Crippen molar-refractivity contribution in [3.05, 3.63) is 29.6 Å². The van der Waals surface area contributed by atoms with Crippen LogP contribution < -0.4 is 21.0 Å². The maximum Gasteiger partial charge on any atom is 0.414 e.